The van der Waals surface area contributed by atoms with Crippen molar-refractivity contribution in [1.82, 2.24) is 4.98 Å². The van der Waals surface area contributed by atoms with E-state index in [0.29, 0.717) is 12.4 Å². The maximum atomic E-state index is 12.8. The minimum absolute atomic E-state index is 0.0335. The predicted molar refractivity (Wildman–Crippen MR) is 98.5 cm³/mol. The van der Waals surface area contributed by atoms with Crippen LogP contribution < -0.4 is 9.64 Å². The summed E-state index contributed by atoms with van der Waals surface area (Å²) in [5.41, 5.74) is 2.04. The van der Waals surface area contributed by atoms with Gasteiger partial charge in [0.1, 0.15) is 11.6 Å². The summed E-state index contributed by atoms with van der Waals surface area (Å²) >= 11 is 0. The van der Waals surface area contributed by atoms with E-state index in [1.807, 2.05) is 79.7 Å². The maximum Gasteiger partial charge on any atom is 0.266 e. The normalized spacial score (nSPS) is 10.3. The Labute approximate surface area is 147 Å². The summed E-state index contributed by atoms with van der Waals surface area (Å²) in [5.74, 6) is 1.20. The summed E-state index contributed by atoms with van der Waals surface area (Å²) in [7, 11) is 0. The zero-order valence-electron chi connectivity index (χ0n) is 14.1. The molecule has 1 heterocycles. The number of carbonyl (C=O) groups excluding carboxylic acids is 1. The molecule has 0 radical (unpaired) electrons. The first-order valence-electron chi connectivity index (χ1n) is 8.18. The Bertz CT molecular complexity index is 820. The molecule has 0 unspecified atom stereocenters. The summed E-state index contributed by atoms with van der Waals surface area (Å²) in [6.45, 7) is 2.38. The summed E-state index contributed by atoms with van der Waals surface area (Å²) in [6, 6.07) is 23.1. The smallest absolute Gasteiger partial charge is 0.266 e. The van der Waals surface area contributed by atoms with Crippen LogP contribution in [0.2, 0.25) is 0 Å². The van der Waals surface area contributed by atoms with E-state index in [0.717, 1.165) is 16.9 Å². The van der Waals surface area contributed by atoms with Crippen molar-refractivity contribution < 1.29 is 9.53 Å². The van der Waals surface area contributed by atoms with Gasteiger partial charge >= 0.3 is 0 Å². The van der Waals surface area contributed by atoms with Gasteiger partial charge in [-0.25, -0.2) is 4.98 Å². The molecular weight excluding hydrogens is 312 g/mol. The number of amides is 1. The van der Waals surface area contributed by atoms with Crippen molar-refractivity contribution >= 4 is 11.7 Å². The lowest BCUT2D eigenvalue weighted by atomic mass is 10.2. The molecule has 0 atom stereocenters. The van der Waals surface area contributed by atoms with Crippen LogP contribution in [0.25, 0.3) is 0 Å². The number of aryl methyl sites for hydroxylation is 1. The Balaban J connectivity index is 1.76. The molecule has 0 saturated heterocycles. The Morgan fingerprint density at radius 2 is 1.68 bits per heavy atom. The van der Waals surface area contributed by atoms with Gasteiger partial charge in [0.2, 0.25) is 0 Å². The van der Waals surface area contributed by atoms with Gasteiger partial charge in [-0.15, -0.1) is 0 Å². The molecule has 2 aromatic carbocycles. The molecule has 3 rings (SSSR count). The summed E-state index contributed by atoms with van der Waals surface area (Å²) < 4.78 is 5.72. The second-order valence-electron chi connectivity index (χ2n) is 5.71. The van der Waals surface area contributed by atoms with E-state index in [2.05, 4.69) is 4.98 Å². The monoisotopic (exact) mass is 332 g/mol. The minimum Gasteiger partial charge on any atom is -0.483 e. The quantitative estimate of drug-likeness (QED) is 0.685. The summed E-state index contributed by atoms with van der Waals surface area (Å²) in [6.07, 6.45) is 1.68. The van der Waals surface area contributed by atoms with Crippen LogP contribution in [0, 0.1) is 6.92 Å². The maximum absolute atomic E-state index is 12.8. The minimum atomic E-state index is -0.134. The van der Waals surface area contributed by atoms with E-state index in [9.17, 15) is 4.79 Å². The largest absolute Gasteiger partial charge is 0.483 e. The van der Waals surface area contributed by atoms with Gasteiger partial charge in [0.05, 0.1) is 6.54 Å². The molecule has 0 fully saturated rings. The van der Waals surface area contributed by atoms with E-state index >= 15 is 0 Å². The van der Waals surface area contributed by atoms with Gasteiger partial charge in [0, 0.05) is 6.20 Å². The molecule has 4 nitrogen and oxygen atoms in total. The van der Waals surface area contributed by atoms with Crippen molar-refractivity contribution in [2.75, 3.05) is 11.5 Å². The Kier molecular flexibility index (Phi) is 5.42. The van der Waals surface area contributed by atoms with Crippen LogP contribution in [0.5, 0.6) is 5.75 Å². The zero-order chi connectivity index (χ0) is 17.5. The SMILES string of the molecule is Cc1ccccc1OCC(=O)N(Cc1ccccc1)c1ccccn1. The first-order chi connectivity index (χ1) is 12.2. The van der Waals surface area contributed by atoms with E-state index in [1.165, 1.54) is 0 Å². The highest BCUT2D eigenvalue weighted by Gasteiger charge is 2.18. The number of hydrogen-bond donors (Lipinski definition) is 0. The molecule has 0 bridgehead atoms. The molecule has 25 heavy (non-hydrogen) atoms. The molecule has 0 aliphatic carbocycles. The number of aromatic nitrogens is 1. The fourth-order valence-electron chi connectivity index (χ4n) is 2.51. The molecule has 0 saturated carbocycles. The van der Waals surface area contributed by atoms with E-state index in [-0.39, 0.29) is 12.5 Å². The molecule has 4 heteroatoms. The van der Waals surface area contributed by atoms with Crippen molar-refractivity contribution in [2.24, 2.45) is 0 Å². The van der Waals surface area contributed by atoms with Gasteiger partial charge < -0.3 is 4.74 Å². The molecule has 0 aliphatic rings. The fourth-order valence-corrected chi connectivity index (χ4v) is 2.51. The topological polar surface area (TPSA) is 42.4 Å². The zero-order valence-corrected chi connectivity index (χ0v) is 14.1. The molecule has 0 N–H and O–H groups in total. The van der Waals surface area contributed by atoms with Gasteiger partial charge in [-0.2, -0.15) is 0 Å². The number of para-hydroxylation sites is 1. The lowest BCUT2D eigenvalue weighted by Crippen LogP contribution is -2.35. The van der Waals surface area contributed by atoms with Crippen LogP contribution in [0.3, 0.4) is 0 Å². The molecule has 1 aromatic heterocycles. The van der Waals surface area contributed by atoms with Crippen molar-refractivity contribution in [3.8, 4) is 5.75 Å². The molecule has 126 valence electrons. The van der Waals surface area contributed by atoms with Gasteiger partial charge in [-0.1, -0.05) is 54.6 Å². The van der Waals surface area contributed by atoms with Crippen LogP contribution in [-0.4, -0.2) is 17.5 Å². The Morgan fingerprint density at radius 1 is 0.960 bits per heavy atom. The Morgan fingerprint density at radius 3 is 2.40 bits per heavy atom. The number of rotatable bonds is 6. The Hall–Kier alpha value is -3.14. The summed E-state index contributed by atoms with van der Waals surface area (Å²) in [5, 5.41) is 0. The van der Waals surface area contributed by atoms with Gasteiger partial charge in [-0.05, 0) is 36.2 Å². The lowest BCUT2D eigenvalue weighted by Gasteiger charge is -2.22. The molecule has 0 aliphatic heterocycles. The average molecular weight is 332 g/mol. The van der Waals surface area contributed by atoms with Crippen LogP contribution >= 0.6 is 0 Å². The van der Waals surface area contributed by atoms with Crippen LogP contribution in [0.1, 0.15) is 11.1 Å². The van der Waals surface area contributed by atoms with Crippen LogP contribution in [0.4, 0.5) is 5.82 Å². The third-order valence-corrected chi connectivity index (χ3v) is 3.86. The van der Waals surface area contributed by atoms with Gasteiger partial charge in [-0.3, -0.25) is 9.69 Å². The van der Waals surface area contributed by atoms with Crippen LogP contribution in [-0.2, 0) is 11.3 Å². The van der Waals surface area contributed by atoms with Gasteiger partial charge in [0.25, 0.3) is 5.91 Å². The standard InChI is InChI=1S/C21H20N2O2/c1-17-9-5-6-12-19(17)25-16-21(24)23(20-13-7-8-14-22-20)15-18-10-3-2-4-11-18/h2-14H,15-16H2,1H3. The highest BCUT2D eigenvalue weighted by molar-refractivity contribution is 5.93. The molecule has 3 aromatic rings. The van der Waals surface area contributed by atoms with Crippen molar-refractivity contribution in [3.05, 3.63) is 90.1 Å². The summed E-state index contributed by atoms with van der Waals surface area (Å²) in [4.78, 5) is 18.8. The first-order valence-corrected chi connectivity index (χ1v) is 8.18. The number of anilines is 1. The fraction of sp³-hybridized carbons (Fsp3) is 0.143. The van der Waals surface area contributed by atoms with Crippen molar-refractivity contribution in [1.29, 1.82) is 0 Å². The molecular formula is C21H20N2O2. The van der Waals surface area contributed by atoms with E-state index < -0.39 is 0 Å². The molecule has 1 amide bonds. The number of carbonyl (C=O) groups is 1. The first kappa shape index (κ1) is 16.7. The second kappa shape index (κ2) is 8.11. The number of benzene rings is 2. The third kappa shape index (κ3) is 4.44. The van der Waals surface area contributed by atoms with Crippen LogP contribution in [0.15, 0.2) is 79.0 Å². The second-order valence-corrected chi connectivity index (χ2v) is 5.71. The van der Waals surface area contributed by atoms with Crippen molar-refractivity contribution in [2.45, 2.75) is 13.5 Å². The molecule has 0 spiro atoms. The number of nitrogens with zero attached hydrogens (tertiary/aromatic N) is 2. The predicted octanol–water partition coefficient (Wildman–Crippen LogP) is 4.00. The highest BCUT2D eigenvalue weighted by Crippen LogP contribution is 2.18. The van der Waals surface area contributed by atoms with Gasteiger partial charge in [0.15, 0.2) is 6.61 Å². The number of hydrogen-bond acceptors (Lipinski definition) is 3. The highest BCUT2D eigenvalue weighted by atomic mass is 16.5. The number of ether oxygens (including phenoxy) is 1. The average Bonchev–Trinajstić information content (AvgIpc) is 2.67. The third-order valence-electron chi connectivity index (χ3n) is 3.86. The van der Waals surface area contributed by atoms with Crippen molar-refractivity contribution in [3.63, 3.8) is 0 Å². The van der Waals surface area contributed by atoms with E-state index in [4.69, 9.17) is 4.74 Å². The lowest BCUT2D eigenvalue weighted by molar-refractivity contribution is -0.120. The number of pyridine rings is 1. The van der Waals surface area contributed by atoms with E-state index in [1.54, 1.807) is 11.1 Å².